The highest BCUT2D eigenvalue weighted by molar-refractivity contribution is 7.89. The first-order valence-corrected chi connectivity index (χ1v) is 7.07. The second kappa shape index (κ2) is 6.61. The Bertz CT molecular complexity index is 581. The molecule has 19 heavy (non-hydrogen) atoms. The van der Waals surface area contributed by atoms with Crippen molar-refractivity contribution in [2.45, 2.75) is 11.8 Å². The summed E-state index contributed by atoms with van der Waals surface area (Å²) in [5, 5.41) is 8.67. The van der Waals surface area contributed by atoms with E-state index >= 15 is 0 Å². The number of methoxy groups -OCH3 is 1. The third kappa shape index (κ3) is 4.28. The highest BCUT2D eigenvalue weighted by atomic mass is 32.2. The molecule has 0 aliphatic heterocycles. The second-order valence-electron chi connectivity index (χ2n) is 4.17. The van der Waals surface area contributed by atoms with Crippen LogP contribution >= 0.6 is 0 Å². The standard InChI is InChI=1S/C12H15FN2O3S/c1-9(8-18-2)7-15-19(16,17)11-3-4-12(13)10(5-11)6-14/h3-5,9,15H,7-8H2,1-2H3. The van der Waals surface area contributed by atoms with Gasteiger partial charge >= 0.3 is 0 Å². The second-order valence-corrected chi connectivity index (χ2v) is 5.93. The quantitative estimate of drug-likeness (QED) is 0.853. The van der Waals surface area contributed by atoms with E-state index in [9.17, 15) is 12.8 Å². The van der Waals surface area contributed by atoms with E-state index in [0.29, 0.717) is 6.61 Å². The molecule has 0 saturated heterocycles. The van der Waals surface area contributed by atoms with Gasteiger partial charge in [-0.15, -0.1) is 0 Å². The Morgan fingerprint density at radius 2 is 2.21 bits per heavy atom. The first kappa shape index (κ1) is 15.6. The molecule has 0 fully saturated rings. The number of nitrogens with zero attached hydrogens (tertiary/aromatic N) is 1. The largest absolute Gasteiger partial charge is 0.384 e. The number of hydrogen-bond acceptors (Lipinski definition) is 4. The molecule has 1 atom stereocenters. The molecule has 0 aliphatic carbocycles. The lowest BCUT2D eigenvalue weighted by Crippen LogP contribution is -2.30. The van der Waals surface area contributed by atoms with Crippen molar-refractivity contribution in [3.05, 3.63) is 29.6 Å². The zero-order valence-electron chi connectivity index (χ0n) is 10.7. The lowest BCUT2D eigenvalue weighted by Gasteiger charge is -2.12. The van der Waals surface area contributed by atoms with Gasteiger partial charge in [-0.05, 0) is 24.1 Å². The van der Waals surface area contributed by atoms with E-state index < -0.39 is 15.8 Å². The van der Waals surface area contributed by atoms with Crippen LogP contribution < -0.4 is 4.72 Å². The summed E-state index contributed by atoms with van der Waals surface area (Å²) in [5.74, 6) is -0.732. The number of ether oxygens (including phenoxy) is 1. The Labute approximate surface area is 112 Å². The van der Waals surface area contributed by atoms with Gasteiger partial charge in [-0.2, -0.15) is 5.26 Å². The summed E-state index contributed by atoms with van der Waals surface area (Å²) in [6.07, 6.45) is 0. The van der Waals surface area contributed by atoms with Crippen molar-refractivity contribution in [3.63, 3.8) is 0 Å². The van der Waals surface area contributed by atoms with E-state index in [1.165, 1.54) is 7.11 Å². The number of halogens is 1. The number of benzene rings is 1. The highest BCUT2D eigenvalue weighted by Gasteiger charge is 2.17. The molecular weight excluding hydrogens is 271 g/mol. The predicted octanol–water partition coefficient (Wildman–Crippen LogP) is 1.26. The summed E-state index contributed by atoms with van der Waals surface area (Å²) in [6.45, 7) is 2.46. The first-order valence-electron chi connectivity index (χ1n) is 5.59. The van der Waals surface area contributed by atoms with Crippen molar-refractivity contribution in [1.29, 1.82) is 5.26 Å². The lowest BCUT2D eigenvalue weighted by molar-refractivity contribution is 0.161. The molecule has 0 aliphatic rings. The number of hydrogen-bond donors (Lipinski definition) is 1. The van der Waals surface area contributed by atoms with Gasteiger partial charge in [-0.25, -0.2) is 17.5 Å². The Morgan fingerprint density at radius 1 is 1.53 bits per heavy atom. The van der Waals surface area contributed by atoms with Crippen LogP contribution in [0.5, 0.6) is 0 Å². The molecule has 1 unspecified atom stereocenters. The molecule has 0 radical (unpaired) electrons. The summed E-state index contributed by atoms with van der Waals surface area (Å²) in [4.78, 5) is -0.130. The van der Waals surface area contributed by atoms with Gasteiger partial charge in [-0.3, -0.25) is 0 Å². The lowest BCUT2D eigenvalue weighted by atomic mass is 10.2. The Morgan fingerprint density at radius 3 is 2.79 bits per heavy atom. The molecule has 0 saturated carbocycles. The fourth-order valence-electron chi connectivity index (χ4n) is 1.44. The van der Waals surface area contributed by atoms with Crippen molar-refractivity contribution in [2.75, 3.05) is 20.3 Å². The van der Waals surface area contributed by atoms with Gasteiger partial charge in [0.15, 0.2) is 0 Å². The summed E-state index contributed by atoms with van der Waals surface area (Å²) >= 11 is 0. The van der Waals surface area contributed by atoms with Gasteiger partial charge in [0.2, 0.25) is 10.0 Å². The topological polar surface area (TPSA) is 79.2 Å². The molecule has 0 aromatic heterocycles. The summed E-state index contributed by atoms with van der Waals surface area (Å²) < 4.78 is 44.3. The maximum Gasteiger partial charge on any atom is 0.240 e. The zero-order valence-corrected chi connectivity index (χ0v) is 11.5. The zero-order chi connectivity index (χ0) is 14.5. The van der Waals surface area contributed by atoms with Crippen molar-refractivity contribution in [2.24, 2.45) is 5.92 Å². The third-order valence-corrected chi connectivity index (χ3v) is 3.86. The van der Waals surface area contributed by atoms with Gasteiger partial charge in [0, 0.05) is 20.3 Å². The molecule has 0 amide bonds. The third-order valence-electron chi connectivity index (χ3n) is 2.44. The minimum Gasteiger partial charge on any atom is -0.384 e. The van der Waals surface area contributed by atoms with E-state index in [1.54, 1.807) is 6.07 Å². The van der Waals surface area contributed by atoms with E-state index in [-0.39, 0.29) is 22.9 Å². The summed E-state index contributed by atoms with van der Waals surface area (Å²) in [6, 6.07) is 4.71. The molecule has 7 heteroatoms. The first-order chi connectivity index (χ1) is 8.90. The van der Waals surface area contributed by atoms with Crippen LogP contribution in [-0.2, 0) is 14.8 Å². The van der Waals surface area contributed by atoms with Gasteiger partial charge in [0.25, 0.3) is 0 Å². The SMILES string of the molecule is COCC(C)CNS(=O)(=O)c1ccc(F)c(C#N)c1. The highest BCUT2D eigenvalue weighted by Crippen LogP contribution is 2.14. The van der Waals surface area contributed by atoms with E-state index in [0.717, 1.165) is 18.2 Å². The van der Waals surface area contributed by atoms with Crippen LogP contribution in [0.25, 0.3) is 0 Å². The molecule has 0 bridgehead atoms. The van der Waals surface area contributed by atoms with Crippen molar-refractivity contribution >= 4 is 10.0 Å². The summed E-state index contributed by atoms with van der Waals surface area (Å²) in [7, 11) is -2.21. The average molecular weight is 286 g/mol. The number of nitrogens with one attached hydrogen (secondary N) is 1. The van der Waals surface area contributed by atoms with E-state index in [1.807, 2.05) is 6.92 Å². The van der Waals surface area contributed by atoms with Crippen LogP contribution in [0.4, 0.5) is 4.39 Å². The molecular formula is C12H15FN2O3S. The molecule has 1 rings (SSSR count). The van der Waals surface area contributed by atoms with Crippen molar-refractivity contribution in [3.8, 4) is 6.07 Å². The average Bonchev–Trinajstić information content (AvgIpc) is 2.37. The van der Waals surface area contributed by atoms with Gasteiger partial charge in [0.1, 0.15) is 11.9 Å². The minimum atomic E-state index is -3.75. The Hall–Kier alpha value is -1.49. The summed E-state index contributed by atoms with van der Waals surface area (Å²) in [5.41, 5.74) is -0.298. The van der Waals surface area contributed by atoms with Gasteiger partial charge in [0.05, 0.1) is 10.5 Å². The number of sulfonamides is 1. The number of rotatable bonds is 6. The maximum atomic E-state index is 13.1. The monoisotopic (exact) mass is 286 g/mol. The maximum absolute atomic E-state index is 13.1. The van der Waals surface area contributed by atoms with Crippen LogP contribution in [0.2, 0.25) is 0 Å². The van der Waals surface area contributed by atoms with Crippen molar-refractivity contribution in [1.82, 2.24) is 4.72 Å². The molecule has 1 N–H and O–H groups in total. The van der Waals surface area contributed by atoms with Crippen LogP contribution in [0.3, 0.4) is 0 Å². The van der Waals surface area contributed by atoms with Crippen LogP contribution in [0.1, 0.15) is 12.5 Å². The van der Waals surface area contributed by atoms with Gasteiger partial charge < -0.3 is 4.74 Å². The molecule has 5 nitrogen and oxygen atoms in total. The smallest absolute Gasteiger partial charge is 0.240 e. The fourth-order valence-corrected chi connectivity index (χ4v) is 2.63. The van der Waals surface area contributed by atoms with E-state index in [4.69, 9.17) is 10.00 Å². The Kier molecular flexibility index (Phi) is 5.42. The predicted molar refractivity (Wildman–Crippen MR) is 67.3 cm³/mol. The van der Waals surface area contributed by atoms with Crippen LogP contribution in [0.15, 0.2) is 23.1 Å². The molecule has 0 heterocycles. The van der Waals surface area contributed by atoms with Crippen LogP contribution in [-0.4, -0.2) is 28.7 Å². The van der Waals surface area contributed by atoms with Crippen molar-refractivity contribution < 1.29 is 17.5 Å². The molecule has 1 aromatic rings. The van der Waals surface area contributed by atoms with E-state index in [2.05, 4.69) is 4.72 Å². The minimum absolute atomic E-state index is 0.00987. The van der Waals surface area contributed by atoms with Gasteiger partial charge in [-0.1, -0.05) is 6.92 Å². The van der Waals surface area contributed by atoms with Crippen LogP contribution in [0, 0.1) is 23.1 Å². The molecule has 104 valence electrons. The molecule has 1 aromatic carbocycles. The Balaban J connectivity index is 2.86. The fraction of sp³-hybridized carbons (Fsp3) is 0.417. The number of nitriles is 1. The normalized spacial score (nSPS) is 12.9. The molecule has 0 spiro atoms.